The van der Waals surface area contributed by atoms with Gasteiger partial charge in [-0.1, -0.05) is 22.0 Å². The smallest absolute Gasteiger partial charge is 0.135 e. The fourth-order valence-corrected chi connectivity index (χ4v) is 1.97. The number of hydrogen-bond acceptors (Lipinski definition) is 5. The number of hydrogen-bond donors (Lipinski definition) is 2. The second-order valence-corrected chi connectivity index (χ2v) is 5.07. The molecule has 0 saturated carbocycles. The Labute approximate surface area is 126 Å². The normalized spacial score (nSPS) is 9.85. The van der Waals surface area contributed by atoms with Gasteiger partial charge in [-0.05, 0) is 24.6 Å². The van der Waals surface area contributed by atoms with Crippen LogP contribution >= 0.6 is 15.9 Å². The second kappa shape index (κ2) is 6.87. The van der Waals surface area contributed by atoms with Crippen molar-refractivity contribution in [3.05, 3.63) is 40.6 Å². The third kappa shape index (κ3) is 3.93. The Morgan fingerprint density at radius 1 is 1.25 bits per heavy atom. The van der Waals surface area contributed by atoms with E-state index in [1.54, 1.807) is 0 Å². The van der Waals surface area contributed by atoms with Gasteiger partial charge in [0.2, 0.25) is 0 Å². The van der Waals surface area contributed by atoms with Crippen molar-refractivity contribution in [2.24, 2.45) is 0 Å². The number of nitriles is 1. The molecule has 0 spiro atoms. The number of halogens is 1. The van der Waals surface area contributed by atoms with E-state index in [9.17, 15) is 0 Å². The molecule has 2 aromatic rings. The van der Waals surface area contributed by atoms with Gasteiger partial charge in [0.15, 0.2) is 0 Å². The van der Waals surface area contributed by atoms with Crippen molar-refractivity contribution < 1.29 is 0 Å². The molecule has 0 aliphatic rings. The lowest BCUT2D eigenvalue weighted by Crippen LogP contribution is -2.04. The lowest BCUT2D eigenvalue weighted by molar-refractivity contribution is 1.04. The van der Waals surface area contributed by atoms with Crippen LogP contribution in [0, 0.1) is 18.3 Å². The minimum atomic E-state index is 0.442. The summed E-state index contributed by atoms with van der Waals surface area (Å²) in [5, 5.41) is 14.8. The first-order chi connectivity index (χ1) is 9.69. The van der Waals surface area contributed by atoms with Gasteiger partial charge in [-0.25, -0.2) is 9.97 Å². The van der Waals surface area contributed by atoms with Crippen LogP contribution in [-0.2, 0) is 0 Å². The van der Waals surface area contributed by atoms with E-state index in [1.807, 2.05) is 31.2 Å². The molecule has 1 heterocycles. The van der Waals surface area contributed by atoms with E-state index in [0.29, 0.717) is 24.6 Å². The van der Waals surface area contributed by atoms with Gasteiger partial charge in [0.25, 0.3) is 0 Å². The molecule has 0 aliphatic carbocycles. The van der Waals surface area contributed by atoms with Crippen molar-refractivity contribution >= 4 is 33.3 Å². The Hall–Kier alpha value is -2.13. The average Bonchev–Trinajstić information content (AvgIpc) is 2.44. The molecule has 0 fully saturated rings. The predicted molar refractivity (Wildman–Crippen MR) is 82.9 cm³/mol. The van der Waals surface area contributed by atoms with E-state index in [0.717, 1.165) is 10.2 Å². The molecule has 0 unspecified atom stereocenters. The molecule has 0 saturated heterocycles. The van der Waals surface area contributed by atoms with Crippen LogP contribution in [0.5, 0.6) is 0 Å². The Balaban J connectivity index is 2.07. The van der Waals surface area contributed by atoms with E-state index < -0.39 is 0 Å². The molecule has 5 nitrogen and oxygen atoms in total. The summed E-state index contributed by atoms with van der Waals surface area (Å²) < 4.78 is 1.05. The largest absolute Gasteiger partial charge is 0.369 e. The zero-order chi connectivity index (χ0) is 14.4. The van der Waals surface area contributed by atoms with Crippen molar-refractivity contribution in [2.45, 2.75) is 13.3 Å². The lowest BCUT2D eigenvalue weighted by atomic mass is 10.2. The minimum Gasteiger partial charge on any atom is -0.369 e. The molecule has 102 valence electrons. The molecule has 1 aromatic carbocycles. The maximum Gasteiger partial charge on any atom is 0.135 e. The highest BCUT2D eigenvalue weighted by molar-refractivity contribution is 9.10. The number of benzene rings is 1. The Kier molecular flexibility index (Phi) is 4.91. The zero-order valence-corrected chi connectivity index (χ0v) is 12.6. The number of nitrogens with one attached hydrogen (secondary N) is 2. The van der Waals surface area contributed by atoms with Crippen molar-refractivity contribution in [2.75, 3.05) is 17.2 Å². The molecule has 2 rings (SSSR count). The monoisotopic (exact) mass is 331 g/mol. The van der Waals surface area contributed by atoms with Crippen LogP contribution in [0.15, 0.2) is 35.1 Å². The number of aromatic nitrogens is 2. The highest BCUT2D eigenvalue weighted by atomic mass is 79.9. The first-order valence-corrected chi connectivity index (χ1v) is 6.94. The molecule has 0 amide bonds. The van der Waals surface area contributed by atoms with Gasteiger partial charge < -0.3 is 10.6 Å². The molecule has 0 bridgehead atoms. The van der Waals surface area contributed by atoms with Crippen LogP contribution in [-0.4, -0.2) is 16.5 Å². The number of anilines is 3. The SMILES string of the molecule is Cc1ccc(Nc2cc(NCCC#N)ncn2)cc1Br. The summed E-state index contributed by atoms with van der Waals surface area (Å²) in [6.07, 6.45) is 1.93. The van der Waals surface area contributed by atoms with Gasteiger partial charge in [-0.15, -0.1) is 0 Å². The lowest BCUT2D eigenvalue weighted by Gasteiger charge is -2.09. The number of nitrogens with zero attached hydrogens (tertiary/aromatic N) is 3. The Morgan fingerprint density at radius 3 is 2.80 bits per heavy atom. The first-order valence-electron chi connectivity index (χ1n) is 6.15. The van der Waals surface area contributed by atoms with Crippen LogP contribution in [0.4, 0.5) is 17.3 Å². The van der Waals surface area contributed by atoms with Crippen LogP contribution < -0.4 is 10.6 Å². The van der Waals surface area contributed by atoms with Crippen molar-refractivity contribution in [1.29, 1.82) is 5.26 Å². The van der Waals surface area contributed by atoms with Crippen molar-refractivity contribution in [3.8, 4) is 6.07 Å². The maximum absolute atomic E-state index is 8.50. The molecule has 6 heteroatoms. The highest BCUT2D eigenvalue weighted by Gasteiger charge is 2.01. The Bertz CT molecular complexity index is 636. The zero-order valence-electron chi connectivity index (χ0n) is 11.0. The van der Waals surface area contributed by atoms with E-state index in [4.69, 9.17) is 5.26 Å². The summed E-state index contributed by atoms with van der Waals surface area (Å²) in [6.45, 7) is 2.61. The standard InChI is InChI=1S/C14H14BrN5/c1-10-3-4-11(7-12(10)15)20-14-8-13(18-9-19-14)17-6-2-5-16/h3-4,7-9H,2,6H2,1H3,(H2,17,18,19,20). The van der Waals surface area contributed by atoms with Crippen LogP contribution in [0.25, 0.3) is 0 Å². The van der Waals surface area contributed by atoms with E-state index >= 15 is 0 Å². The van der Waals surface area contributed by atoms with Crippen LogP contribution in [0.1, 0.15) is 12.0 Å². The summed E-state index contributed by atoms with van der Waals surface area (Å²) >= 11 is 3.50. The van der Waals surface area contributed by atoms with E-state index in [2.05, 4.69) is 42.6 Å². The van der Waals surface area contributed by atoms with Crippen molar-refractivity contribution in [1.82, 2.24) is 9.97 Å². The quantitative estimate of drug-likeness (QED) is 0.818. The van der Waals surface area contributed by atoms with Gasteiger partial charge >= 0.3 is 0 Å². The van der Waals surface area contributed by atoms with Gasteiger partial charge in [0.1, 0.15) is 18.0 Å². The summed E-state index contributed by atoms with van der Waals surface area (Å²) in [5.41, 5.74) is 2.13. The highest BCUT2D eigenvalue weighted by Crippen LogP contribution is 2.23. The number of aryl methyl sites for hydroxylation is 1. The molecule has 20 heavy (non-hydrogen) atoms. The molecular weight excluding hydrogens is 318 g/mol. The molecule has 0 radical (unpaired) electrons. The Morgan fingerprint density at radius 2 is 2.05 bits per heavy atom. The molecule has 2 N–H and O–H groups in total. The summed E-state index contributed by atoms with van der Waals surface area (Å²) in [6, 6.07) is 9.91. The van der Waals surface area contributed by atoms with Crippen molar-refractivity contribution in [3.63, 3.8) is 0 Å². The number of rotatable bonds is 5. The van der Waals surface area contributed by atoms with Gasteiger partial charge in [-0.2, -0.15) is 5.26 Å². The molecule has 0 aliphatic heterocycles. The topological polar surface area (TPSA) is 73.6 Å². The van der Waals surface area contributed by atoms with Gasteiger partial charge in [0.05, 0.1) is 12.5 Å². The minimum absolute atomic E-state index is 0.442. The van der Waals surface area contributed by atoms with Crippen LogP contribution in [0.3, 0.4) is 0 Å². The fourth-order valence-electron chi connectivity index (χ4n) is 1.59. The fraction of sp³-hybridized carbons (Fsp3) is 0.214. The molecule has 1 aromatic heterocycles. The average molecular weight is 332 g/mol. The summed E-state index contributed by atoms with van der Waals surface area (Å²) in [4.78, 5) is 8.28. The third-order valence-corrected chi connectivity index (χ3v) is 3.51. The molecule has 0 atom stereocenters. The summed E-state index contributed by atoms with van der Waals surface area (Å²) in [7, 11) is 0. The van der Waals surface area contributed by atoms with Gasteiger partial charge in [-0.3, -0.25) is 0 Å². The first kappa shape index (κ1) is 14.3. The van der Waals surface area contributed by atoms with Crippen LogP contribution in [0.2, 0.25) is 0 Å². The van der Waals surface area contributed by atoms with E-state index in [-0.39, 0.29) is 0 Å². The second-order valence-electron chi connectivity index (χ2n) is 4.21. The third-order valence-electron chi connectivity index (χ3n) is 2.65. The summed E-state index contributed by atoms with van der Waals surface area (Å²) in [5.74, 6) is 1.40. The predicted octanol–water partition coefficient (Wildman–Crippen LogP) is 3.62. The van der Waals surface area contributed by atoms with Gasteiger partial charge in [0, 0.05) is 22.8 Å². The van der Waals surface area contributed by atoms with E-state index in [1.165, 1.54) is 11.9 Å². The maximum atomic E-state index is 8.50. The molecular formula is C14H14BrN5.